The van der Waals surface area contributed by atoms with E-state index in [1.54, 1.807) is 0 Å². The van der Waals surface area contributed by atoms with Crippen molar-refractivity contribution in [3.63, 3.8) is 0 Å². The summed E-state index contributed by atoms with van der Waals surface area (Å²) in [5.74, 6) is -1.87. The molecular weight excluding hydrogens is 257 g/mol. The molecule has 0 spiro atoms. The van der Waals surface area contributed by atoms with Gasteiger partial charge in [-0.15, -0.1) is 0 Å². The number of aromatic nitrogens is 2. The summed E-state index contributed by atoms with van der Waals surface area (Å²) in [5, 5.41) is 3.78. The molecule has 0 radical (unpaired) electrons. The van der Waals surface area contributed by atoms with Crippen LogP contribution in [0.4, 0.5) is 13.2 Å². The van der Waals surface area contributed by atoms with E-state index < -0.39 is 17.5 Å². The molecular formula is C13H11F3N2O. The first-order valence-electron chi connectivity index (χ1n) is 5.56. The van der Waals surface area contributed by atoms with Crippen LogP contribution >= 0.6 is 0 Å². The molecule has 2 rings (SSSR count). The number of hydrogen-bond donors (Lipinski definition) is 0. The second kappa shape index (κ2) is 4.87. The van der Waals surface area contributed by atoms with Gasteiger partial charge in [0, 0.05) is 6.20 Å². The first kappa shape index (κ1) is 13.3. The Bertz CT molecular complexity index is 602. The van der Waals surface area contributed by atoms with Crippen LogP contribution in [0.25, 0.3) is 0 Å². The SMILES string of the molecule is Cc1ccccc1Cn1cc(C(=O)C(F)(F)F)cn1. The smallest absolute Gasteiger partial charge is 0.284 e. The van der Waals surface area contributed by atoms with Crippen LogP contribution in [-0.4, -0.2) is 21.7 Å². The average Bonchev–Trinajstić information content (AvgIpc) is 2.78. The van der Waals surface area contributed by atoms with Crippen LogP contribution in [0.2, 0.25) is 0 Å². The van der Waals surface area contributed by atoms with Gasteiger partial charge in [-0.1, -0.05) is 24.3 Å². The molecule has 3 nitrogen and oxygen atoms in total. The summed E-state index contributed by atoms with van der Waals surface area (Å²) in [6, 6.07) is 7.48. The second-order valence-electron chi connectivity index (χ2n) is 4.18. The number of carbonyl (C=O) groups is 1. The number of rotatable bonds is 3. The van der Waals surface area contributed by atoms with Crippen molar-refractivity contribution in [3.05, 3.63) is 53.3 Å². The molecule has 100 valence electrons. The summed E-state index contributed by atoms with van der Waals surface area (Å²) in [7, 11) is 0. The van der Waals surface area contributed by atoms with Gasteiger partial charge in [0.15, 0.2) is 0 Å². The van der Waals surface area contributed by atoms with Crippen molar-refractivity contribution in [2.24, 2.45) is 0 Å². The molecule has 6 heteroatoms. The van der Waals surface area contributed by atoms with E-state index in [1.807, 2.05) is 31.2 Å². The van der Waals surface area contributed by atoms with E-state index in [2.05, 4.69) is 5.10 Å². The maximum atomic E-state index is 12.2. The molecule has 0 aliphatic heterocycles. The molecule has 0 saturated heterocycles. The van der Waals surface area contributed by atoms with Gasteiger partial charge >= 0.3 is 6.18 Å². The molecule has 19 heavy (non-hydrogen) atoms. The maximum absolute atomic E-state index is 12.2. The van der Waals surface area contributed by atoms with Gasteiger partial charge in [-0.3, -0.25) is 9.48 Å². The number of ketones is 1. The second-order valence-corrected chi connectivity index (χ2v) is 4.18. The largest absolute Gasteiger partial charge is 0.454 e. The number of alkyl halides is 3. The fraction of sp³-hybridized carbons (Fsp3) is 0.231. The van der Waals surface area contributed by atoms with Gasteiger partial charge < -0.3 is 0 Å². The molecule has 0 bridgehead atoms. The lowest BCUT2D eigenvalue weighted by Crippen LogP contribution is -2.22. The van der Waals surface area contributed by atoms with Gasteiger partial charge in [-0.05, 0) is 18.1 Å². The number of aryl methyl sites for hydroxylation is 1. The van der Waals surface area contributed by atoms with Crippen molar-refractivity contribution in [1.29, 1.82) is 0 Å². The number of benzene rings is 1. The highest BCUT2D eigenvalue weighted by atomic mass is 19.4. The Morgan fingerprint density at radius 2 is 2.00 bits per heavy atom. The number of Topliss-reactive ketones (excluding diaryl/α,β-unsaturated/α-hetero) is 1. The van der Waals surface area contributed by atoms with E-state index in [-0.39, 0.29) is 0 Å². The fourth-order valence-electron chi connectivity index (χ4n) is 1.69. The highest BCUT2D eigenvalue weighted by Gasteiger charge is 2.39. The molecule has 0 unspecified atom stereocenters. The van der Waals surface area contributed by atoms with Crippen LogP contribution in [0.1, 0.15) is 21.5 Å². The Morgan fingerprint density at radius 1 is 1.32 bits per heavy atom. The van der Waals surface area contributed by atoms with Gasteiger partial charge in [0.1, 0.15) is 0 Å². The fourth-order valence-corrected chi connectivity index (χ4v) is 1.69. The molecule has 0 aliphatic rings. The third kappa shape index (κ3) is 3.01. The molecule has 0 saturated carbocycles. The van der Waals surface area contributed by atoms with Gasteiger partial charge in [-0.2, -0.15) is 18.3 Å². The number of halogens is 3. The van der Waals surface area contributed by atoms with Crippen LogP contribution in [-0.2, 0) is 6.54 Å². The van der Waals surface area contributed by atoms with E-state index in [0.717, 1.165) is 23.5 Å². The first-order chi connectivity index (χ1) is 8.88. The highest BCUT2D eigenvalue weighted by molar-refractivity contribution is 5.99. The Balaban J connectivity index is 2.19. The Kier molecular flexibility index (Phi) is 3.42. The zero-order chi connectivity index (χ0) is 14.0. The van der Waals surface area contributed by atoms with Crippen molar-refractivity contribution in [1.82, 2.24) is 9.78 Å². The Morgan fingerprint density at radius 3 is 2.63 bits per heavy atom. The molecule has 0 atom stereocenters. The van der Waals surface area contributed by atoms with Gasteiger partial charge in [-0.25, -0.2) is 0 Å². The standard InChI is InChI=1S/C13H11F3N2O/c1-9-4-2-3-5-10(9)7-18-8-11(6-17-18)12(19)13(14,15)16/h2-6,8H,7H2,1H3. The molecule has 2 aromatic rings. The van der Waals surface area contributed by atoms with Crippen LogP contribution in [0.5, 0.6) is 0 Å². The quantitative estimate of drug-likeness (QED) is 0.802. The van der Waals surface area contributed by atoms with Crippen molar-refractivity contribution in [2.75, 3.05) is 0 Å². The van der Waals surface area contributed by atoms with Crippen LogP contribution in [0.15, 0.2) is 36.7 Å². The number of hydrogen-bond acceptors (Lipinski definition) is 2. The van der Waals surface area contributed by atoms with E-state index in [9.17, 15) is 18.0 Å². The van der Waals surface area contributed by atoms with E-state index in [4.69, 9.17) is 0 Å². The average molecular weight is 268 g/mol. The topological polar surface area (TPSA) is 34.9 Å². The molecule has 0 N–H and O–H groups in total. The van der Waals surface area contributed by atoms with E-state index in [0.29, 0.717) is 6.54 Å². The Hall–Kier alpha value is -2.11. The van der Waals surface area contributed by atoms with Gasteiger partial charge in [0.25, 0.3) is 5.78 Å². The van der Waals surface area contributed by atoms with Gasteiger partial charge in [0.05, 0.1) is 18.3 Å². The maximum Gasteiger partial charge on any atom is 0.454 e. The summed E-state index contributed by atoms with van der Waals surface area (Å²) >= 11 is 0. The first-order valence-corrected chi connectivity index (χ1v) is 5.56. The van der Waals surface area contributed by atoms with Crippen LogP contribution in [0.3, 0.4) is 0 Å². The summed E-state index contributed by atoms with van der Waals surface area (Å²) < 4.78 is 38.1. The van der Waals surface area contributed by atoms with Crippen molar-refractivity contribution >= 4 is 5.78 Å². The lowest BCUT2D eigenvalue weighted by Gasteiger charge is -2.05. The lowest BCUT2D eigenvalue weighted by molar-refractivity contribution is -0.0885. The summed E-state index contributed by atoms with van der Waals surface area (Å²) in [5.41, 5.74) is 1.51. The molecule has 0 fully saturated rings. The van der Waals surface area contributed by atoms with Crippen LogP contribution < -0.4 is 0 Å². The van der Waals surface area contributed by atoms with Crippen molar-refractivity contribution in [3.8, 4) is 0 Å². The number of nitrogens with zero attached hydrogens (tertiary/aromatic N) is 2. The summed E-state index contributed by atoms with van der Waals surface area (Å²) in [6.07, 6.45) is -2.81. The minimum Gasteiger partial charge on any atom is -0.284 e. The molecule has 1 aromatic carbocycles. The van der Waals surface area contributed by atoms with Gasteiger partial charge in [0.2, 0.25) is 0 Å². The highest BCUT2D eigenvalue weighted by Crippen LogP contribution is 2.21. The molecule has 1 heterocycles. The predicted molar refractivity (Wildman–Crippen MR) is 62.9 cm³/mol. The lowest BCUT2D eigenvalue weighted by atomic mass is 10.1. The molecule has 0 aliphatic carbocycles. The summed E-state index contributed by atoms with van der Waals surface area (Å²) in [4.78, 5) is 11.0. The van der Waals surface area contributed by atoms with Crippen molar-refractivity contribution in [2.45, 2.75) is 19.6 Å². The Labute approximate surface area is 107 Å². The third-order valence-corrected chi connectivity index (χ3v) is 2.75. The van der Waals surface area contributed by atoms with Crippen LogP contribution in [0, 0.1) is 6.92 Å². The molecule has 0 amide bonds. The predicted octanol–water partition coefficient (Wildman–Crippen LogP) is 2.98. The minimum atomic E-state index is -4.86. The summed E-state index contributed by atoms with van der Waals surface area (Å²) in [6.45, 7) is 2.23. The third-order valence-electron chi connectivity index (χ3n) is 2.75. The zero-order valence-electron chi connectivity index (χ0n) is 10.1. The van der Waals surface area contributed by atoms with E-state index >= 15 is 0 Å². The monoisotopic (exact) mass is 268 g/mol. The van der Waals surface area contributed by atoms with Crippen molar-refractivity contribution < 1.29 is 18.0 Å². The normalized spacial score (nSPS) is 11.6. The zero-order valence-corrected chi connectivity index (χ0v) is 10.1. The minimum absolute atomic E-state index is 0.331. The molecule has 1 aromatic heterocycles. The number of carbonyl (C=O) groups excluding carboxylic acids is 1. The van der Waals surface area contributed by atoms with E-state index in [1.165, 1.54) is 4.68 Å².